The lowest BCUT2D eigenvalue weighted by Gasteiger charge is -2.14. The summed E-state index contributed by atoms with van der Waals surface area (Å²) < 4.78 is 14.7. The number of aromatic amines is 1. The molecule has 1 aliphatic carbocycles. The number of hydrogen-bond acceptors (Lipinski definition) is 3. The summed E-state index contributed by atoms with van der Waals surface area (Å²) in [4.78, 5) is 29.1. The molecule has 168 valence electrons. The van der Waals surface area contributed by atoms with Gasteiger partial charge in [-0.3, -0.25) is 9.59 Å². The summed E-state index contributed by atoms with van der Waals surface area (Å²) >= 11 is 6.25. The molecule has 5 rings (SSSR count). The van der Waals surface area contributed by atoms with E-state index in [4.69, 9.17) is 11.6 Å². The molecule has 2 heterocycles. The van der Waals surface area contributed by atoms with E-state index in [1.807, 2.05) is 26.0 Å². The number of amides is 1. The number of aromatic nitrogens is 3. The predicted molar refractivity (Wildman–Crippen MR) is 125 cm³/mol. The third-order valence-corrected chi connectivity index (χ3v) is 6.48. The van der Waals surface area contributed by atoms with Crippen LogP contribution in [0, 0.1) is 12.7 Å². The van der Waals surface area contributed by atoms with Crippen molar-refractivity contribution in [3.63, 3.8) is 0 Å². The van der Waals surface area contributed by atoms with Crippen LogP contribution in [0.5, 0.6) is 0 Å². The molecule has 0 unspecified atom stereocenters. The maximum atomic E-state index is 13.2. The molecule has 1 atom stereocenters. The summed E-state index contributed by atoms with van der Waals surface area (Å²) in [5, 5.41) is 8.12. The van der Waals surface area contributed by atoms with Crippen LogP contribution >= 0.6 is 11.6 Å². The maximum absolute atomic E-state index is 13.2. The Hall–Kier alpha value is -3.45. The molecule has 2 N–H and O–H groups in total. The third-order valence-electron chi connectivity index (χ3n) is 6.07. The number of nitrogens with one attached hydrogen (secondary N) is 2. The van der Waals surface area contributed by atoms with Gasteiger partial charge in [0.05, 0.1) is 11.6 Å². The Morgan fingerprint density at radius 2 is 1.97 bits per heavy atom. The lowest BCUT2D eigenvalue weighted by molar-refractivity contribution is 0.0939. The standard InChI is InChI=1S/C25H22ClFN4O2/c1-13-3-4-17(11-20(13)26)23-29-25(33)22-21(16-5-6-16)19(12-31(22)30-23)24(32)28-14(2)15-7-9-18(27)10-8-15/h3-4,7-12,14,16H,5-6H2,1-2H3,(H,28,32)(H,29,30,33)/t14-/m1/s1. The van der Waals surface area contributed by atoms with Crippen LogP contribution in [0.25, 0.3) is 16.9 Å². The molecular formula is C25H22ClFN4O2. The molecule has 2 aromatic carbocycles. The van der Waals surface area contributed by atoms with Crippen LogP contribution in [0.1, 0.15) is 58.8 Å². The van der Waals surface area contributed by atoms with E-state index in [-0.39, 0.29) is 29.2 Å². The Bertz CT molecular complexity index is 1440. The summed E-state index contributed by atoms with van der Waals surface area (Å²) in [7, 11) is 0. The highest BCUT2D eigenvalue weighted by Gasteiger charge is 2.33. The molecule has 1 fully saturated rings. The molecule has 0 spiro atoms. The summed E-state index contributed by atoms with van der Waals surface area (Å²) in [6, 6.07) is 11.1. The number of nitrogens with zero attached hydrogens (tertiary/aromatic N) is 2. The highest BCUT2D eigenvalue weighted by Crippen LogP contribution is 2.43. The fourth-order valence-corrected chi connectivity index (χ4v) is 4.24. The molecule has 33 heavy (non-hydrogen) atoms. The van der Waals surface area contributed by atoms with Crippen LogP contribution < -0.4 is 10.9 Å². The highest BCUT2D eigenvalue weighted by atomic mass is 35.5. The van der Waals surface area contributed by atoms with E-state index in [9.17, 15) is 14.0 Å². The molecule has 8 heteroatoms. The molecule has 6 nitrogen and oxygen atoms in total. The average molecular weight is 465 g/mol. The van der Waals surface area contributed by atoms with E-state index in [2.05, 4.69) is 15.4 Å². The van der Waals surface area contributed by atoms with Crippen LogP contribution in [0.4, 0.5) is 4.39 Å². The van der Waals surface area contributed by atoms with Gasteiger partial charge in [-0.1, -0.05) is 35.9 Å². The van der Waals surface area contributed by atoms with Crippen LogP contribution in [0.3, 0.4) is 0 Å². The Morgan fingerprint density at radius 1 is 1.24 bits per heavy atom. The Kier molecular flexibility index (Phi) is 5.29. The smallest absolute Gasteiger partial charge is 0.275 e. The summed E-state index contributed by atoms with van der Waals surface area (Å²) in [6.07, 6.45) is 3.45. The van der Waals surface area contributed by atoms with E-state index in [0.29, 0.717) is 27.5 Å². The second kappa shape index (κ2) is 8.15. The first-order valence-electron chi connectivity index (χ1n) is 10.8. The van der Waals surface area contributed by atoms with Crippen molar-refractivity contribution in [1.82, 2.24) is 19.9 Å². The lowest BCUT2D eigenvalue weighted by atomic mass is 10.0. The van der Waals surface area contributed by atoms with Crippen molar-refractivity contribution in [3.05, 3.63) is 92.1 Å². The number of carbonyl (C=O) groups excluding carboxylic acids is 1. The van der Waals surface area contributed by atoms with Gasteiger partial charge in [-0.15, -0.1) is 5.10 Å². The molecule has 0 saturated heterocycles. The number of aryl methyl sites for hydroxylation is 1. The minimum Gasteiger partial charge on any atom is -0.345 e. The van der Waals surface area contributed by atoms with Crippen molar-refractivity contribution in [2.45, 2.75) is 38.6 Å². The summed E-state index contributed by atoms with van der Waals surface area (Å²) in [5.74, 6) is -0.0978. The SMILES string of the molecule is Cc1ccc(-c2nn3cc(C(=O)N[C@H](C)c4ccc(F)cc4)c(C4CC4)c3c(=O)[nH]2)cc1Cl. The highest BCUT2D eigenvalue weighted by molar-refractivity contribution is 6.31. The van der Waals surface area contributed by atoms with Crippen molar-refractivity contribution in [2.24, 2.45) is 0 Å². The maximum Gasteiger partial charge on any atom is 0.275 e. The molecule has 2 aromatic heterocycles. The zero-order valence-electron chi connectivity index (χ0n) is 18.2. The summed E-state index contributed by atoms with van der Waals surface area (Å²) in [6.45, 7) is 3.74. The average Bonchev–Trinajstić information content (AvgIpc) is 3.55. The Labute approximate surface area is 194 Å². The van der Waals surface area contributed by atoms with Crippen molar-refractivity contribution >= 4 is 23.0 Å². The zero-order chi connectivity index (χ0) is 23.3. The number of carbonyl (C=O) groups is 1. The van der Waals surface area contributed by atoms with E-state index in [1.54, 1.807) is 24.4 Å². The van der Waals surface area contributed by atoms with E-state index < -0.39 is 0 Å². The van der Waals surface area contributed by atoms with Gasteiger partial charge in [-0.2, -0.15) is 0 Å². The normalized spacial score (nSPS) is 14.4. The second-order valence-corrected chi connectivity index (χ2v) is 8.94. The first-order valence-corrected chi connectivity index (χ1v) is 11.2. The largest absolute Gasteiger partial charge is 0.345 e. The van der Waals surface area contributed by atoms with Crippen molar-refractivity contribution < 1.29 is 9.18 Å². The molecule has 1 aliphatic rings. The molecule has 0 bridgehead atoms. The fourth-order valence-electron chi connectivity index (χ4n) is 4.06. The van der Waals surface area contributed by atoms with Gasteiger partial charge in [-0.25, -0.2) is 8.91 Å². The Morgan fingerprint density at radius 3 is 2.64 bits per heavy atom. The first kappa shape index (κ1) is 21.4. The van der Waals surface area contributed by atoms with Crippen molar-refractivity contribution in [3.8, 4) is 11.4 Å². The second-order valence-electron chi connectivity index (χ2n) is 8.54. The van der Waals surface area contributed by atoms with Gasteiger partial charge < -0.3 is 10.3 Å². The van der Waals surface area contributed by atoms with Gasteiger partial charge in [0, 0.05) is 22.3 Å². The van der Waals surface area contributed by atoms with E-state index in [1.165, 1.54) is 16.6 Å². The van der Waals surface area contributed by atoms with Crippen LogP contribution in [0.15, 0.2) is 53.5 Å². The number of halogens is 2. The monoisotopic (exact) mass is 464 g/mol. The van der Waals surface area contributed by atoms with Gasteiger partial charge in [0.15, 0.2) is 5.82 Å². The number of rotatable bonds is 5. The van der Waals surface area contributed by atoms with Gasteiger partial charge >= 0.3 is 0 Å². The molecule has 0 aliphatic heterocycles. The number of fused-ring (bicyclic) bond motifs is 1. The number of benzene rings is 2. The van der Waals surface area contributed by atoms with Gasteiger partial charge in [0.25, 0.3) is 11.5 Å². The minimum atomic E-state index is -0.331. The van der Waals surface area contributed by atoms with Crippen molar-refractivity contribution in [2.75, 3.05) is 0 Å². The molecular weight excluding hydrogens is 443 g/mol. The van der Waals surface area contributed by atoms with Gasteiger partial charge in [-0.05, 0) is 61.9 Å². The van der Waals surface area contributed by atoms with E-state index in [0.717, 1.165) is 29.5 Å². The van der Waals surface area contributed by atoms with Crippen LogP contribution in [0.2, 0.25) is 5.02 Å². The van der Waals surface area contributed by atoms with Gasteiger partial charge in [0.1, 0.15) is 11.3 Å². The predicted octanol–water partition coefficient (Wildman–Crippen LogP) is 5.16. The molecule has 0 radical (unpaired) electrons. The minimum absolute atomic E-state index is 0.152. The van der Waals surface area contributed by atoms with Gasteiger partial charge in [0.2, 0.25) is 0 Å². The number of H-pyrrole nitrogens is 1. The molecule has 1 saturated carbocycles. The lowest BCUT2D eigenvalue weighted by Crippen LogP contribution is -2.27. The quantitative estimate of drug-likeness (QED) is 0.428. The van der Waals surface area contributed by atoms with Crippen molar-refractivity contribution in [1.29, 1.82) is 0 Å². The summed E-state index contributed by atoms with van der Waals surface area (Å²) in [5.41, 5.74) is 3.64. The fraction of sp³-hybridized carbons (Fsp3) is 0.240. The Balaban J connectivity index is 1.54. The van der Waals surface area contributed by atoms with Crippen LogP contribution in [-0.4, -0.2) is 20.5 Å². The zero-order valence-corrected chi connectivity index (χ0v) is 18.9. The third kappa shape index (κ3) is 4.04. The number of hydrogen-bond donors (Lipinski definition) is 2. The topological polar surface area (TPSA) is 79.3 Å². The van der Waals surface area contributed by atoms with E-state index >= 15 is 0 Å². The molecule has 1 amide bonds. The first-order chi connectivity index (χ1) is 15.8. The molecule has 4 aromatic rings. The van der Waals surface area contributed by atoms with Crippen LogP contribution in [-0.2, 0) is 0 Å².